The number of carbonyl (C=O) groups is 1. The Bertz CT molecular complexity index is 554. The summed E-state index contributed by atoms with van der Waals surface area (Å²) in [5.41, 5.74) is 1.70. The zero-order chi connectivity index (χ0) is 17.9. The second-order valence-electron chi connectivity index (χ2n) is 5.71. The zero-order valence-corrected chi connectivity index (χ0v) is 15.4. The van der Waals surface area contributed by atoms with E-state index in [1.165, 1.54) is 6.92 Å². The molecule has 0 aromatic heterocycles. The molecule has 24 heavy (non-hydrogen) atoms. The fourth-order valence-electron chi connectivity index (χ4n) is 2.38. The van der Waals surface area contributed by atoms with Crippen LogP contribution in [0.25, 0.3) is 0 Å². The van der Waals surface area contributed by atoms with Gasteiger partial charge < -0.3 is 20.7 Å². The van der Waals surface area contributed by atoms with E-state index in [0.29, 0.717) is 23.9 Å². The quantitative estimate of drug-likeness (QED) is 0.505. The van der Waals surface area contributed by atoms with E-state index in [2.05, 4.69) is 34.8 Å². The third-order valence-electron chi connectivity index (χ3n) is 3.97. The summed E-state index contributed by atoms with van der Waals surface area (Å²) in [6.07, 6.45) is 2.30. The van der Waals surface area contributed by atoms with Crippen LogP contribution >= 0.6 is 0 Å². The molecule has 0 saturated carbocycles. The molecule has 1 amide bonds. The van der Waals surface area contributed by atoms with Gasteiger partial charge in [-0.05, 0) is 23.6 Å². The van der Waals surface area contributed by atoms with Gasteiger partial charge >= 0.3 is 0 Å². The number of hydrogen-bond acceptors (Lipinski definition) is 3. The Labute approximate surface area is 145 Å². The average Bonchev–Trinajstić information content (AvgIpc) is 2.58. The minimum atomic E-state index is -0.124. The predicted octanol–water partition coefficient (Wildman–Crippen LogP) is 2.75. The zero-order valence-electron chi connectivity index (χ0n) is 15.4. The van der Waals surface area contributed by atoms with Crippen molar-refractivity contribution < 1.29 is 9.53 Å². The smallest absolute Gasteiger partial charge is 0.221 e. The SMILES string of the molecule is CCC(CC)CNC(=NC)NCc1ccc(OC)c(NC(C)=O)c1. The van der Waals surface area contributed by atoms with E-state index in [9.17, 15) is 4.79 Å². The molecule has 6 nitrogen and oxygen atoms in total. The summed E-state index contributed by atoms with van der Waals surface area (Å²) in [6.45, 7) is 7.40. The Balaban J connectivity index is 2.66. The first-order valence-corrected chi connectivity index (χ1v) is 8.42. The molecule has 134 valence electrons. The van der Waals surface area contributed by atoms with E-state index < -0.39 is 0 Å². The summed E-state index contributed by atoms with van der Waals surface area (Å²) in [4.78, 5) is 15.5. The van der Waals surface area contributed by atoms with Gasteiger partial charge in [0.15, 0.2) is 5.96 Å². The second kappa shape index (κ2) is 10.5. The van der Waals surface area contributed by atoms with Crippen LogP contribution in [0.5, 0.6) is 5.75 Å². The number of ether oxygens (including phenoxy) is 1. The molecule has 0 heterocycles. The average molecular weight is 334 g/mol. The Morgan fingerprint density at radius 2 is 1.96 bits per heavy atom. The van der Waals surface area contributed by atoms with Crippen molar-refractivity contribution in [3.05, 3.63) is 23.8 Å². The molecule has 0 unspecified atom stereocenters. The Morgan fingerprint density at radius 1 is 1.25 bits per heavy atom. The van der Waals surface area contributed by atoms with Crippen molar-refractivity contribution in [1.29, 1.82) is 0 Å². The highest BCUT2D eigenvalue weighted by atomic mass is 16.5. The minimum absolute atomic E-state index is 0.124. The van der Waals surface area contributed by atoms with Crippen molar-refractivity contribution in [3.8, 4) is 5.75 Å². The van der Waals surface area contributed by atoms with E-state index >= 15 is 0 Å². The maximum absolute atomic E-state index is 11.3. The molecule has 0 aliphatic rings. The molecule has 0 bridgehead atoms. The van der Waals surface area contributed by atoms with E-state index in [1.54, 1.807) is 14.2 Å². The largest absolute Gasteiger partial charge is 0.495 e. The molecule has 1 aromatic rings. The van der Waals surface area contributed by atoms with Gasteiger partial charge in [0.05, 0.1) is 12.8 Å². The van der Waals surface area contributed by atoms with Gasteiger partial charge in [-0.15, -0.1) is 0 Å². The first-order valence-electron chi connectivity index (χ1n) is 8.42. The number of carbonyl (C=O) groups excluding carboxylic acids is 1. The summed E-state index contributed by atoms with van der Waals surface area (Å²) in [7, 11) is 3.35. The number of guanidine groups is 1. The predicted molar refractivity (Wildman–Crippen MR) is 99.6 cm³/mol. The van der Waals surface area contributed by atoms with E-state index in [1.807, 2.05) is 18.2 Å². The molecule has 3 N–H and O–H groups in total. The van der Waals surface area contributed by atoms with E-state index in [4.69, 9.17) is 4.74 Å². The van der Waals surface area contributed by atoms with Gasteiger partial charge in [-0.1, -0.05) is 32.8 Å². The maximum Gasteiger partial charge on any atom is 0.221 e. The lowest BCUT2D eigenvalue weighted by molar-refractivity contribution is -0.114. The van der Waals surface area contributed by atoms with Crippen molar-refractivity contribution >= 4 is 17.6 Å². The summed E-state index contributed by atoms with van der Waals surface area (Å²) < 4.78 is 5.27. The lowest BCUT2D eigenvalue weighted by Gasteiger charge is -2.17. The molecule has 0 radical (unpaired) electrons. The monoisotopic (exact) mass is 334 g/mol. The minimum Gasteiger partial charge on any atom is -0.495 e. The maximum atomic E-state index is 11.3. The normalized spacial score (nSPS) is 11.3. The molecular weight excluding hydrogens is 304 g/mol. The van der Waals surface area contributed by atoms with Crippen LogP contribution in [-0.2, 0) is 11.3 Å². The van der Waals surface area contributed by atoms with Gasteiger partial charge in [-0.2, -0.15) is 0 Å². The molecule has 1 aromatic carbocycles. The molecule has 0 saturated heterocycles. The summed E-state index contributed by atoms with van der Waals surface area (Å²) >= 11 is 0. The van der Waals surface area contributed by atoms with Crippen LogP contribution in [0, 0.1) is 5.92 Å². The Hall–Kier alpha value is -2.24. The lowest BCUT2D eigenvalue weighted by atomic mass is 10.0. The van der Waals surface area contributed by atoms with Crippen molar-refractivity contribution in [2.24, 2.45) is 10.9 Å². The highest BCUT2D eigenvalue weighted by Crippen LogP contribution is 2.25. The number of nitrogens with zero attached hydrogens (tertiary/aromatic N) is 1. The number of methoxy groups -OCH3 is 1. The Morgan fingerprint density at radius 3 is 2.50 bits per heavy atom. The van der Waals surface area contributed by atoms with Crippen molar-refractivity contribution in [2.45, 2.75) is 40.2 Å². The molecule has 0 spiro atoms. The van der Waals surface area contributed by atoms with Gasteiger partial charge in [0.2, 0.25) is 5.91 Å². The van der Waals surface area contributed by atoms with Crippen LogP contribution in [0.2, 0.25) is 0 Å². The first-order chi connectivity index (χ1) is 11.5. The van der Waals surface area contributed by atoms with Crippen LogP contribution in [0.4, 0.5) is 5.69 Å². The number of anilines is 1. The highest BCUT2D eigenvalue weighted by molar-refractivity contribution is 5.90. The number of nitrogens with one attached hydrogen (secondary N) is 3. The van der Waals surface area contributed by atoms with Crippen LogP contribution in [0.1, 0.15) is 39.2 Å². The van der Waals surface area contributed by atoms with E-state index in [-0.39, 0.29) is 5.91 Å². The van der Waals surface area contributed by atoms with Gasteiger partial charge in [0.25, 0.3) is 0 Å². The number of rotatable bonds is 8. The number of aliphatic imine (C=N–C) groups is 1. The van der Waals surface area contributed by atoms with Crippen molar-refractivity contribution in [1.82, 2.24) is 10.6 Å². The summed E-state index contributed by atoms with van der Waals surface area (Å²) in [5, 5.41) is 9.43. The Kier molecular flexibility index (Phi) is 8.68. The van der Waals surface area contributed by atoms with E-state index in [0.717, 1.165) is 30.9 Å². The van der Waals surface area contributed by atoms with Gasteiger partial charge in [0.1, 0.15) is 5.75 Å². The first kappa shape index (κ1) is 19.8. The van der Waals surface area contributed by atoms with Crippen LogP contribution in [0.3, 0.4) is 0 Å². The lowest BCUT2D eigenvalue weighted by Crippen LogP contribution is -2.39. The van der Waals surface area contributed by atoms with Gasteiger partial charge in [-0.3, -0.25) is 9.79 Å². The topological polar surface area (TPSA) is 74.8 Å². The molecule has 0 atom stereocenters. The van der Waals surface area contributed by atoms with Crippen molar-refractivity contribution in [2.75, 3.05) is 26.0 Å². The van der Waals surface area contributed by atoms with Gasteiger partial charge in [-0.25, -0.2) is 0 Å². The number of benzene rings is 1. The van der Waals surface area contributed by atoms with Crippen LogP contribution in [-0.4, -0.2) is 32.6 Å². The standard InChI is InChI=1S/C18H30N4O2/c1-6-14(7-2)11-20-18(19-4)21-12-15-8-9-17(24-5)16(10-15)22-13(3)23/h8-10,14H,6-7,11-12H2,1-5H3,(H,22,23)(H2,19,20,21). The third-order valence-corrected chi connectivity index (χ3v) is 3.97. The van der Waals surface area contributed by atoms with Crippen LogP contribution in [0.15, 0.2) is 23.2 Å². The second-order valence-corrected chi connectivity index (χ2v) is 5.71. The van der Waals surface area contributed by atoms with Gasteiger partial charge in [0, 0.05) is 27.1 Å². The molecule has 0 aliphatic heterocycles. The molecule has 0 aliphatic carbocycles. The highest BCUT2D eigenvalue weighted by Gasteiger charge is 2.08. The third kappa shape index (κ3) is 6.48. The fourth-order valence-corrected chi connectivity index (χ4v) is 2.38. The fraction of sp³-hybridized carbons (Fsp3) is 0.556. The number of amides is 1. The summed E-state index contributed by atoms with van der Waals surface area (Å²) in [6, 6.07) is 5.72. The number of hydrogen-bond donors (Lipinski definition) is 3. The molecule has 6 heteroatoms. The molecular formula is C18H30N4O2. The molecule has 0 fully saturated rings. The van der Waals surface area contributed by atoms with Crippen molar-refractivity contribution in [3.63, 3.8) is 0 Å². The molecule has 1 rings (SSSR count). The summed E-state index contributed by atoms with van der Waals surface area (Å²) in [5.74, 6) is 1.95. The van der Waals surface area contributed by atoms with Crippen LogP contribution < -0.4 is 20.7 Å².